The van der Waals surface area contributed by atoms with Crippen LogP contribution >= 0.6 is 0 Å². The zero-order chi connectivity index (χ0) is 43.5. The van der Waals surface area contributed by atoms with Gasteiger partial charge in [-0.3, -0.25) is 19.4 Å². The first-order valence-electron chi connectivity index (χ1n) is 21.8. The molecule has 2 bridgehead atoms. The molecule has 13 nitrogen and oxygen atoms in total. The third kappa shape index (κ3) is 5.11. The molecular weight excluding hydrogens is 777 g/mol. The number of esters is 2. The van der Waals surface area contributed by atoms with Gasteiger partial charge in [-0.2, -0.15) is 0 Å². The zero-order valence-electron chi connectivity index (χ0n) is 36.5. The molecule has 0 radical (unpaired) electrons. The molecule has 2 saturated heterocycles. The fourth-order valence-corrected chi connectivity index (χ4v) is 14.0. The predicted octanol–water partition coefficient (Wildman–Crippen LogP) is 4.89. The lowest BCUT2D eigenvalue weighted by molar-refractivity contribution is -0.240. The molecule has 1 unspecified atom stereocenters. The number of benzene rings is 2. The van der Waals surface area contributed by atoms with Gasteiger partial charge < -0.3 is 39.0 Å². The van der Waals surface area contributed by atoms with Crippen LogP contribution in [0.2, 0.25) is 0 Å². The second kappa shape index (κ2) is 14.2. The average molecular weight is 837 g/mol. The first kappa shape index (κ1) is 41.7. The van der Waals surface area contributed by atoms with E-state index in [1.54, 1.807) is 20.1 Å². The van der Waals surface area contributed by atoms with Gasteiger partial charge in [0, 0.05) is 77.3 Å². The standard InChI is InChI=1S/C48H60N4O9/c1-9-44(56)24-30-25-46(41(54)59-7,38-32(16-20-50(26-30)27-44)31-14-11-12-15-35(31)49-38)34-22-33-36(23-37(34)58-6)52(28-53)39-47(33)18-21-51-19-13-17-45(10-2,43(47,51)5)40(61-29(3)4)48(39,57)42(55)60-8/h11-15,17,22-23,28,30,39-40,49,56-57H,3,9-10,16,18-21,24-27H2,1-2,4-8H3/t30-,39+,40+,43-,44-,45-,46-,47-,48-/m0/s1. The van der Waals surface area contributed by atoms with Gasteiger partial charge in [0.1, 0.15) is 11.2 Å². The van der Waals surface area contributed by atoms with Crippen LogP contribution < -0.4 is 9.64 Å². The number of rotatable bonds is 9. The van der Waals surface area contributed by atoms with Crippen LogP contribution in [0.25, 0.3) is 10.9 Å². The van der Waals surface area contributed by atoms with Gasteiger partial charge in [-0.15, -0.1) is 0 Å². The van der Waals surface area contributed by atoms with Crippen molar-refractivity contribution in [2.75, 3.05) is 59.0 Å². The summed E-state index contributed by atoms with van der Waals surface area (Å²) < 4.78 is 24.4. The number of carbonyl (C=O) groups is 3. The second-order valence-electron chi connectivity index (χ2n) is 18.8. The van der Waals surface area contributed by atoms with Gasteiger partial charge >= 0.3 is 11.9 Å². The summed E-state index contributed by atoms with van der Waals surface area (Å²) in [7, 11) is 4.20. The summed E-state index contributed by atoms with van der Waals surface area (Å²) in [5, 5.41) is 26.5. The molecule has 3 fully saturated rings. The number of ether oxygens (including phenoxy) is 4. The molecule has 326 valence electrons. The first-order chi connectivity index (χ1) is 29.1. The molecule has 1 amide bonds. The van der Waals surface area contributed by atoms with Crippen molar-refractivity contribution < 1.29 is 43.5 Å². The summed E-state index contributed by atoms with van der Waals surface area (Å²) in [4.78, 5) is 53.8. The van der Waals surface area contributed by atoms with Crippen LogP contribution in [0.5, 0.6) is 5.75 Å². The highest BCUT2D eigenvalue weighted by Gasteiger charge is 2.85. The highest BCUT2D eigenvalue weighted by atomic mass is 16.6. The quantitative estimate of drug-likeness (QED) is 0.117. The van der Waals surface area contributed by atoms with Crippen LogP contribution in [-0.4, -0.2) is 126 Å². The van der Waals surface area contributed by atoms with Crippen LogP contribution in [0.4, 0.5) is 5.69 Å². The van der Waals surface area contributed by atoms with Crippen LogP contribution in [0.1, 0.15) is 82.2 Å². The summed E-state index contributed by atoms with van der Waals surface area (Å²) in [5.74, 6) is -0.889. The number of carbonyl (C=O) groups excluding carboxylic acids is 3. The lowest BCUT2D eigenvalue weighted by Crippen LogP contribution is -2.85. The number of amides is 1. The van der Waals surface area contributed by atoms with Crippen molar-refractivity contribution in [3.05, 3.63) is 83.3 Å². The number of aliphatic hydroxyl groups is 2. The molecule has 1 saturated carbocycles. The Morgan fingerprint density at radius 2 is 1.77 bits per heavy atom. The topological polar surface area (TPSA) is 154 Å². The van der Waals surface area contributed by atoms with Crippen molar-refractivity contribution in [3.63, 3.8) is 0 Å². The van der Waals surface area contributed by atoms with Gasteiger partial charge in [-0.1, -0.05) is 50.8 Å². The van der Waals surface area contributed by atoms with Crippen molar-refractivity contribution >= 4 is 34.9 Å². The Kier molecular flexibility index (Phi) is 9.67. The summed E-state index contributed by atoms with van der Waals surface area (Å²) in [5.41, 5.74) is -3.53. The third-order valence-corrected chi connectivity index (χ3v) is 16.4. The number of hydrogen-bond acceptors (Lipinski definition) is 11. The Hall–Kier alpha value is -4.69. The Bertz CT molecular complexity index is 2360. The second-order valence-corrected chi connectivity index (χ2v) is 18.8. The Balaban J connectivity index is 1.40. The van der Waals surface area contributed by atoms with E-state index in [1.807, 2.05) is 38.1 Å². The minimum absolute atomic E-state index is 0.139. The molecule has 3 N–H and O–H groups in total. The normalized spacial score (nSPS) is 37.3. The lowest BCUT2D eigenvalue weighted by Gasteiger charge is -2.69. The lowest BCUT2D eigenvalue weighted by atomic mass is 9.41. The molecule has 61 heavy (non-hydrogen) atoms. The monoisotopic (exact) mass is 836 g/mol. The molecule has 1 aliphatic carbocycles. The first-order valence-corrected chi connectivity index (χ1v) is 21.8. The van der Waals surface area contributed by atoms with E-state index < -0.39 is 57.1 Å². The molecule has 1 spiro atoms. The number of methoxy groups -OCH3 is 3. The number of H-pyrrole nitrogens is 1. The van der Waals surface area contributed by atoms with Gasteiger partial charge in [0.15, 0.2) is 6.10 Å². The fraction of sp³-hybridized carbons (Fsp3) is 0.562. The fourth-order valence-electron chi connectivity index (χ4n) is 14.0. The number of aromatic amines is 1. The number of nitrogens with one attached hydrogen (secondary N) is 1. The molecule has 6 aliphatic rings. The van der Waals surface area contributed by atoms with Crippen molar-refractivity contribution in [3.8, 4) is 5.75 Å². The van der Waals surface area contributed by atoms with Crippen LogP contribution in [0.15, 0.2) is 60.9 Å². The van der Waals surface area contributed by atoms with Crippen molar-refractivity contribution in [2.24, 2.45) is 11.3 Å². The van der Waals surface area contributed by atoms with E-state index in [1.165, 1.54) is 19.1 Å². The summed E-state index contributed by atoms with van der Waals surface area (Å²) in [6, 6.07) is 10.7. The average Bonchev–Trinajstić information content (AvgIpc) is 3.89. The Labute approximate surface area is 357 Å². The van der Waals surface area contributed by atoms with E-state index >= 15 is 4.79 Å². The Morgan fingerprint density at radius 1 is 1.02 bits per heavy atom. The van der Waals surface area contributed by atoms with E-state index in [0.717, 1.165) is 16.5 Å². The number of nitrogens with zero attached hydrogens (tertiary/aromatic N) is 3. The zero-order valence-corrected chi connectivity index (χ0v) is 36.5. The number of piperidine rings is 1. The molecule has 2 aromatic carbocycles. The van der Waals surface area contributed by atoms with Crippen molar-refractivity contribution in [1.82, 2.24) is 14.8 Å². The number of aromatic nitrogens is 1. The number of anilines is 1. The third-order valence-electron chi connectivity index (χ3n) is 16.4. The largest absolute Gasteiger partial charge is 0.496 e. The maximum atomic E-state index is 15.4. The minimum Gasteiger partial charge on any atom is -0.496 e. The number of para-hydroxylation sites is 1. The van der Waals surface area contributed by atoms with Crippen molar-refractivity contribution in [1.29, 1.82) is 0 Å². The molecule has 9 rings (SSSR count). The molecule has 6 heterocycles. The van der Waals surface area contributed by atoms with Gasteiger partial charge in [0.25, 0.3) is 0 Å². The molecule has 13 heteroatoms. The summed E-state index contributed by atoms with van der Waals surface area (Å²) in [6.45, 7) is 15.1. The Morgan fingerprint density at radius 3 is 2.44 bits per heavy atom. The molecular formula is C48H60N4O9. The van der Waals surface area contributed by atoms with E-state index in [9.17, 15) is 19.8 Å². The molecule has 5 aliphatic heterocycles. The van der Waals surface area contributed by atoms with Crippen LogP contribution in [0.3, 0.4) is 0 Å². The van der Waals surface area contributed by atoms with Gasteiger partial charge in [0.2, 0.25) is 12.0 Å². The SMILES string of the molecule is C=C(C)O[C@H]1[C@](O)(C(=O)OC)[C@@H]2N(C=O)c3cc(OC)c([C@@]4(C(=O)OC)C[C@H]5CN(CCc6c4[nH]c4ccccc64)C[C@](O)(CC)C5)cc3[C@@]23CCN2CC=C[C@]1(CC)[C@]23C. The summed E-state index contributed by atoms with van der Waals surface area (Å²) in [6.07, 6.45) is 6.52. The number of allylic oxidation sites excluding steroid dienone is 1. The van der Waals surface area contributed by atoms with E-state index in [2.05, 4.69) is 46.5 Å². The van der Waals surface area contributed by atoms with Crippen LogP contribution in [0, 0.1) is 11.3 Å². The smallest absolute Gasteiger partial charge is 0.344 e. The van der Waals surface area contributed by atoms with Crippen molar-refractivity contribution in [2.45, 2.75) is 106 Å². The van der Waals surface area contributed by atoms with E-state index in [-0.39, 0.29) is 12.3 Å². The van der Waals surface area contributed by atoms with E-state index in [0.29, 0.717) is 105 Å². The molecule has 3 aromatic rings. The van der Waals surface area contributed by atoms with Crippen LogP contribution in [-0.2, 0) is 45.8 Å². The highest BCUT2D eigenvalue weighted by molar-refractivity contribution is 5.96. The maximum Gasteiger partial charge on any atom is 0.344 e. The highest BCUT2D eigenvalue weighted by Crippen LogP contribution is 2.73. The van der Waals surface area contributed by atoms with E-state index in [4.69, 9.17) is 18.9 Å². The molecule has 10 atom stereocenters. The van der Waals surface area contributed by atoms with Gasteiger partial charge in [-0.05, 0) is 81.5 Å². The summed E-state index contributed by atoms with van der Waals surface area (Å²) >= 11 is 0. The predicted molar refractivity (Wildman–Crippen MR) is 229 cm³/mol. The van der Waals surface area contributed by atoms with Gasteiger partial charge in [0.05, 0.1) is 44.4 Å². The number of hydrogen-bond donors (Lipinski definition) is 3. The molecule has 1 aromatic heterocycles. The maximum absolute atomic E-state index is 15.4. The van der Waals surface area contributed by atoms with Gasteiger partial charge in [-0.25, -0.2) is 4.79 Å². The minimum atomic E-state index is -2.40. The number of fused-ring (bicyclic) bond motifs is 6.